The fraction of sp³-hybridized carbons (Fsp3) is 0.500. The van der Waals surface area contributed by atoms with Crippen LogP contribution in [0.3, 0.4) is 0 Å². The summed E-state index contributed by atoms with van der Waals surface area (Å²) in [6.07, 6.45) is 1.17. The van der Waals surface area contributed by atoms with Crippen LogP contribution in [0.2, 0.25) is 0 Å². The molecular weight excluding hydrogens is 172 g/mol. The van der Waals surface area contributed by atoms with Crippen molar-refractivity contribution in [3.8, 4) is 0 Å². The zero-order valence-corrected chi connectivity index (χ0v) is 9.30. The van der Waals surface area contributed by atoms with Gasteiger partial charge in [0.15, 0.2) is 0 Å². The van der Waals surface area contributed by atoms with Crippen molar-refractivity contribution in [2.24, 2.45) is 0 Å². The lowest BCUT2D eigenvalue weighted by Crippen LogP contribution is -2.24. The number of hydrogen-bond donors (Lipinski definition) is 2. The SMILES string of the molecule is CCC(C)NCc1ccccc1NC. The molecule has 0 amide bonds. The van der Waals surface area contributed by atoms with Gasteiger partial charge in [-0.3, -0.25) is 0 Å². The van der Waals surface area contributed by atoms with Gasteiger partial charge in [-0.1, -0.05) is 25.1 Å². The molecule has 1 aromatic rings. The van der Waals surface area contributed by atoms with Crippen molar-refractivity contribution in [3.05, 3.63) is 29.8 Å². The Morgan fingerprint density at radius 2 is 2.00 bits per heavy atom. The normalized spacial score (nSPS) is 12.5. The second kappa shape index (κ2) is 5.66. The van der Waals surface area contributed by atoms with Crippen molar-refractivity contribution >= 4 is 5.69 Å². The Bertz CT molecular complexity index is 271. The molecule has 0 bridgehead atoms. The highest BCUT2D eigenvalue weighted by molar-refractivity contribution is 5.50. The van der Waals surface area contributed by atoms with Crippen LogP contribution in [0, 0.1) is 0 Å². The predicted octanol–water partition coefficient (Wildman–Crippen LogP) is 2.62. The maximum absolute atomic E-state index is 3.48. The van der Waals surface area contributed by atoms with Gasteiger partial charge in [-0.25, -0.2) is 0 Å². The van der Waals surface area contributed by atoms with Gasteiger partial charge in [0.25, 0.3) is 0 Å². The Kier molecular flexibility index (Phi) is 4.47. The Balaban J connectivity index is 2.57. The van der Waals surface area contributed by atoms with Crippen molar-refractivity contribution in [2.45, 2.75) is 32.9 Å². The molecule has 0 heterocycles. The summed E-state index contributed by atoms with van der Waals surface area (Å²) in [5.74, 6) is 0. The van der Waals surface area contributed by atoms with Crippen molar-refractivity contribution < 1.29 is 0 Å². The molecule has 1 unspecified atom stereocenters. The molecule has 0 spiro atoms. The van der Waals surface area contributed by atoms with Crippen LogP contribution < -0.4 is 10.6 Å². The quantitative estimate of drug-likeness (QED) is 0.749. The highest BCUT2D eigenvalue weighted by Crippen LogP contribution is 2.13. The molecule has 1 rings (SSSR count). The van der Waals surface area contributed by atoms with Crippen LogP contribution in [0.4, 0.5) is 5.69 Å². The molecule has 0 aliphatic carbocycles. The molecule has 14 heavy (non-hydrogen) atoms. The van der Waals surface area contributed by atoms with Crippen LogP contribution in [0.1, 0.15) is 25.8 Å². The number of hydrogen-bond acceptors (Lipinski definition) is 2. The Hall–Kier alpha value is -1.02. The van der Waals surface area contributed by atoms with Gasteiger partial charge in [0.2, 0.25) is 0 Å². The molecule has 2 nitrogen and oxygen atoms in total. The molecule has 1 atom stereocenters. The molecule has 0 fully saturated rings. The first-order valence-corrected chi connectivity index (χ1v) is 5.27. The third kappa shape index (κ3) is 3.04. The van der Waals surface area contributed by atoms with Crippen LogP contribution in [-0.2, 0) is 6.54 Å². The zero-order valence-electron chi connectivity index (χ0n) is 9.30. The minimum atomic E-state index is 0.583. The second-order valence-electron chi connectivity index (χ2n) is 3.60. The summed E-state index contributed by atoms with van der Waals surface area (Å²) in [5.41, 5.74) is 2.54. The highest BCUT2D eigenvalue weighted by Gasteiger charge is 2.01. The average molecular weight is 192 g/mol. The second-order valence-corrected chi connectivity index (χ2v) is 3.60. The van der Waals surface area contributed by atoms with Crippen molar-refractivity contribution in [2.75, 3.05) is 12.4 Å². The van der Waals surface area contributed by atoms with E-state index in [1.807, 2.05) is 7.05 Å². The van der Waals surface area contributed by atoms with Crippen LogP contribution in [-0.4, -0.2) is 13.1 Å². The standard InChI is InChI=1S/C12H20N2/c1-4-10(2)14-9-11-7-5-6-8-12(11)13-3/h5-8,10,13-14H,4,9H2,1-3H3. The van der Waals surface area contributed by atoms with E-state index in [0.717, 1.165) is 6.54 Å². The van der Waals surface area contributed by atoms with Gasteiger partial charge >= 0.3 is 0 Å². The lowest BCUT2D eigenvalue weighted by Gasteiger charge is -2.13. The lowest BCUT2D eigenvalue weighted by molar-refractivity contribution is 0.534. The molecule has 0 aromatic heterocycles. The average Bonchev–Trinajstić information content (AvgIpc) is 2.26. The Labute approximate surface area is 86.7 Å². The fourth-order valence-corrected chi connectivity index (χ4v) is 1.35. The molecule has 0 saturated carbocycles. The van der Waals surface area contributed by atoms with E-state index < -0.39 is 0 Å². The number of rotatable bonds is 5. The fourth-order valence-electron chi connectivity index (χ4n) is 1.35. The smallest absolute Gasteiger partial charge is 0.0383 e. The van der Waals surface area contributed by atoms with Crippen LogP contribution in [0.15, 0.2) is 24.3 Å². The van der Waals surface area contributed by atoms with Gasteiger partial charge in [0, 0.05) is 25.3 Å². The van der Waals surface area contributed by atoms with E-state index in [2.05, 4.69) is 48.7 Å². The summed E-state index contributed by atoms with van der Waals surface area (Å²) < 4.78 is 0. The number of anilines is 1. The summed E-state index contributed by atoms with van der Waals surface area (Å²) in [6.45, 7) is 5.34. The van der Waals surface area contributed by atoms with Crippen LogP contribution >= 0.6 is 0 Å². The lowest BCUT2D eigenvalue weighted by atomic mass is 10.1. The molecule has 0 saturated heterocycles. The Morgan fingerprint density at radius 3 is 2.64 bits per heavy atom. The minimum Gasteiger partial charge on any atom is -0.388 e. The van der Waals surface area contributed by atoms with E-state index >= 15 is 0 Å². The molecular formula is C12H20N2. The molecule has 0 aliphatic heterocycles. The molecule has 0 radical (unpaired) electrons. The molecule has 0 aliphatic rings. The number of para-hydroxylation sites is 1. The van der Waals surface area contributed by atoms with Gasteiger partial charge in [0.05, 0.1) is 0 Å². The van der Waals surface area contributed by atoms with E-state index in [1.54, 1.807) is 0 Å². The summed E-state index contributed by atoms with van der Waals surface area (Å²) >= 11 is 0. The van der Waals surface area contributed by atoms with E-state index in [1.165, 1.54) is 17.7 Å². The monoisotopic (exact) mass is 192 g/mol. The van der Waals surface area contributed by atoms with Crippen molar-refractivity contribution in [1.29, 1.82) is 0 Å². The molecule has 78 valence electrons. The molecule has 1 aromatic carbocycles. The third-order valence-electron chi connectivity index (χ3n) is 2.54. The Morgan fingerprint density at radius 1 is 1.29 bits per heavy atom. The van der Waals surface area contributed by atoms with Crippen LogP contribution in [0.5, 0.6) is 0 Å². The van der Waals surface area contributed by atoms with Gasteiger partial charge in [0.1, 0.15) is 0 Å². The van der Waals surface area contributed by atoms with E-state index in [-0.39, 0.29) is 0 Å². The zero-order chi connectivity index (χ0) is 10.4. The minimum absolute atomic E-state index is 0.583. The first-order valence-electron chi connectivity index (χ1n) is 5.27. The summed E-state index contributed by atoms with van der Waals surface area (Å²) in [4.78, 5) is 0. The number of benzene rings is 1. The van der Waals surface area contributed by atoms with Gasteiger partial charge in [-0.2, -0.15) is 0 Å². The van der Waals surface area contributed by atoms with Gasteiger partial charge in [-0.05, 0) is 25.0 Å². The van der Waals surface area contributed by atoms with E-state index in [9.17, 15) is 0 Å². The topological polar surface area (TPSA) is 24.1 Å². The number of nitrogens with one attached hydrogen (secondary N) is 2. The van der Waals surface area contributed by atoms with Gasteiger partial charge in [-0.15, -0.1) is 0 Å². The molecule has 2 N–H and O–H groups in total. The summed E-state index contributed by atoms with van der Waals surface area (Å²) in [6, 6.07) is 8.97. The summed E-state index contributed by atoms with van der Waals surface area (Å²) in [7, 11) is 1.96. The third-order valence-corrected chi connectivity index (χ3v) is 2.54. The van der Waals surface area contributed by atoms with Crippen LogP contribution in [0.25, 0.3) is 0 Å². The highest BCUT2D eigenvalue weighted by atomic mass is 14.9. The molecule has 2 heteroatoms. The predicted molar refractivity (Wildman–Crippen MR) is 62.6 cm³/mol. The maximum atomic E-state index is 3.48. The van der Waals surface area contributed by atoms with E-state index in [4.69, 9.17) is 0 Å². The van der Waals surface area contributed by atoms with Crippen molar-refractivity contribution in [1.82, 2.24) is 5.32 Å². The largest absolute Gasteiger partial charge is 0.388 e. The summed E-state index contributed by atoms with van der Waals surface area (Å²) in [5, 5.41) is 6.68. The first-order chi connectivity index (χ1) is 6.77. The maximum Gasteiger partial charge on any atom is 0.0383 e. The first kappa shape index (κ1) is 11.1. The van der Waals surface area contributed by atoms with E-state index in [0.29, 0.717) is 6.04 Å². The van der Waals surface area contributed by atoms with Crippen molar-refractivity contribution in [3.63, 3.8) is 0 Å². The van der Waals surface area contributed by atoms with Gasteiger partial charge < -0.3 is 10.6 Å².